The van der Waals surface area contributed by atoms with E-state index in [-0.39, 0.29) is 32.6 Å². The Hall–Kier alpha value is -3.36. The summed E-state index contributed by atoms with van der Waals surface area (Å²) in [5.41, 5.74) is 0.634. The summed E-state index contributed by atoms with van der Waals surface area (Å²) in [5, 5.41) is 0. The minimum Gasteiger partial charge on any atom is -0.489 e. The molecule has 0 atom stereocenters. The highest BCUT2D eigenvalue weighted by molar-refractivity contribution is 6.10. The fourth-order valence-corrected chi connectivity index (χ4v) is 3.15. The van der Waals surface area contributed by atoms with Gasteiger partial charge in [0, 0.05) is 12.1 Å². The Kier molecular flexibility index (Phi) is 6.62. The first kappa shape index (κ1) is 22.3. The first-order chi connectivity index (χ1) is 14.7. The lowest BCUT2D eigenvalue weighted by atomic mass is 9.98. The van der Waals surface area contributed by atoms with Gasteiger partial charge in [-0.3, -0.25) is 19.3 Å². The molecule has 2 amide bonds. The number of hydrogen-bond acceptors (Lipinski definition) is 5. The van der Waals surface area contributed by atoms with Gasteiger partial charge in [0.2, 0.25) is 5.91 Å². The van der Waals surface area contributed by atoms with E-state index in [4.69, 9.17) is 9.47 Å². The quantitative estimate of drug-likeness (QED) is 0.489. The second-order valence-corrected chi connectivity index (χ2v) is 6.88. The zero-order valence-corrected chi connectivity index (χ0v) is 16.7. The summed E-state index contributed by atoms with van der Waals surface area (Å²) in [4.78, 5) is 37.5. The highest BCUT2D eigenvalue weighted by Crippen LogP contribution is 2.29. The predicted molar refractivity (Wildman–Crippen MR) is 103 cm³/mol. The number of imide groups is 1. The van der Waals surface area contributed by atoms with E-state index >= 15 is 0 Å². The summed E-state index contributed by atoms with van der Waals surface area (Å²) in [6.45, 7) is 1.87. The number of alkyl halides is 3. The molecule has 0 aromatic heterocycles. The van der Waals surface area contributed by atoms with Crippen LogP contribution in [-0.2, 0) is 33.5 Å². The molecule has 1 aliphatic rings. The van der Waals surface area contributed by atoms with Crippen molar-refractivity contribution in [3.63, 3.8) is 0 Å². The summed E-state index contributed by atoms with van der Waals surface area (Å²) >= 11 is 0. The van der Waals surface area contributed by atoms with Gasteiger partial charge >= 0.3 is 12.1 Å². The van der Waals surface area contributed by atoms with Gasteiger partial charge in [-0.25, -0.2) is 0 Å². The van der Waals surface area contributed by atoms with Crippen LogP contribution in [0.4, 0.5) is 13.2 Å². The molecule has 2 aromatic rings. The van der Waals surface area contributed by atoms with Crippen LogP contribution in [0.1, 0.15) is 40.4 Å². The van der Waals surface area contributed by atoms with Gasteiger partial charge in [0.25, 0.3) is 5.91 Å². The van der Waals surface area contributed by atoms with E-state index in [1.54, 1.807) is 19.1 Å². The van der Waals surface area contributed by atoms with E-state index in [0.29, 0.717) is 22.4 Å². The number of carbonyl (C=O) groups excluding carboxylic acids is 3. The lowest BCUT2D eigenvalue weighted by Crippen LogP contribution is -2.43. The van der Waals surface area contributed by atoms with Crippen LogP contribution in [-0.4, -0.2) is 35.8 Å². The molecule has 0 saturated carbocycles. The molecule has 6 nitrogen and oxygen atoms in total. The Bertz CT molecular complexity index is 986. The van der Waals surface area contributed by atoms with Crippen molar-refractivity contribution in [1.29, 1.82) is 0 Å². The number of hydrogen-bond donors (Lipinski definition) is 0. The Morgan fingerprint density at radius 2 is 1.81 bits per heavy atom. The van der Waals surface area contributed by atoms with Crippen molar-refractivity contribution in [2.45, 2.75) is 32.5 Å². The summed E-state index contributed by atoms with van der Waals surface area (Å²) in [6.07, 6.45) is -4.50. The zero-order chi connectivity index (χ0) is 22.6. The maximum Gasteiger partial charge on any atom is 0.416 e. The van der Waals surface area contributed by atoms with Gasteiger partial charge in [-0.15, -0.1) is 0 Å². The SMILES string of the molecule is CCOC(=O)CCN1C(=O)Cc2cc(OCc3ccc(C(F)(F)F)cc3)ccc2C1=O. The standard InChI is InChI=1S/C22H20F3NO5/c1-2-30-20(28)9-10-26-19(27)12-15-11-17(7-8-18(15)21(26)29)31-13-14-3-5-16(6-4-14)22(23,24)25/h3-8,11H,2,9-10,12-13H2,1H3. The number of ether oxygens (including phenoxy) is 2. The molecule has 9 heteroatoms. The Labute approximate surface area is 176 Å². The summed E-state index contributed by atoms with van der Waals surface area (Å²) in [6, 6.07) is 9.27. The molecular weight excluding hydrogens is 415 g/mol. The van der Waals surface area contributed by atoms with Gasteiger partial charge in [0.05, 0.1) is 25.0 Å². The average molecular weight is 435 g/mol. The molecule has 1 heterocycles. The van der Waals surface area contributed by atoms with Gasteiger partial charge in [0.15, 0.2) is 0 Å². The van der Waals surface area contributed by atoms with E-state index < -0.39 is 29.5 Å². The molecule has 3 rings (SSSR count). The van der Waals surface area contributed by atoms with Crippen LogP contribution in [0.2, 0.25) is 0 Å². The van der Waals surface area contributed by atoms with Crippen LogP contribution < -0.4 is 4.74 Å². The van der Waals surface area contributed by atoms with Crippen LogP contribution in [0.15, 0.2) is 42.5 Å². The molecular formula is C22H20F3NO5. The number of benzene rings is 2. The highest BCUT2D eigenvalue weighted by Gasteiger charge is 2.32. The molecule has 0 spiro atoms. The molecule has 164 valence electrons. The average Bonchev–Trinajstić information content (AvgIpc) is 2.71. The monoisotopic (exact) mass is 435 g/mol. The Morgan fingerprint density at radius 1 is 1.10 bits per heavy atom. The largest absolute Gasteiger partial charge is 0.489 e. The highest BCUT2D eigenvalue weighted by atomic mass is 19.4. The number of nitrogens with zero attached hydrogens (tertiary/aromatic N) is 1. The van der Waals surface area contributed by atoms with Crippen LogP contribution >= 0.6 is 0 Å². The fourth-order valence-electron chi connectivity index (χ4n) is 3.15. The Morgan fingerprint density at radius 3 is 2.45 bits per heavy atom. The first-order valence-corrected chi connectivity index (χ1v) is 9.61. The smallest absolute Gasteiger partial charge is 0.416 e. The Balaban J connectivity index is 1.65. The number of halogens is 3. The van der Waals surface area contributed by atoms with Crippen molar-refractivity contribution in [1.82, 2.24) is 4.90 Å². The van der Waals surface area contributed by atoms with Gasteiger partial charge in [-0.2, -0.15) is 13.2 Å². The van der Waals surface area contributed by atoms with E-state index in [0.717, 1.165) is 17.0 Å². The van der Waals surface area contributed by atoms with Crippen molar-refractivity contribution >= 4 is 17.8 Å². The molecule has 0 N–H and O–H groups in total. The minimum absolute atomic E-state index is 0.0264. The lowest BCUT2D eigenvalue weighted by Gasteiger charge is -2.26. The predicted octanol–water partition coefficient (Wildman–Crippen LogP) is 3.76. The van der Waals surface area contributed by atoms with Crippen molar-refractivity contribution in [2.75, 3.05) is 13.2 Å². The lowest BCUT2D eigenvalue weighted by molar-refractivity contribution is -0.143. The summed E-state index contributed by atoms with van der Waals surface area (Å²) < 4.78 is 48.3. The number of esters is 1. The van der Waals surface area contributed by atoms with Crippen molar-refractivity contribution < 1.29 is 37.0 Å². The van der Waals surface area contributed by atoms with Crippen LogP contribution in [0, 0.1) is 0 Å². The molecule has 1 aliphatic heterocycles. The van der Waals surface area contributed by atoms with Gasteiger partial charge in [-0.05, 0) is 48.4 Å². The molecule has 0 fully saturated rings. The maximum atomic E-state index is 12.6. The van der Waals surface area contributed by atoms with Crippen molar-refractivity contribution in [2.24, 2.45) is 0 Å². The molecule has 31 heavy (non-hydrogen) atoms. The number of fused-ring (bicyclic) bond motifs is 1. The number of amides is 2. The van der Waals surface area contributed by atoms with E-state index in [2.05, 4.69) is 0 Å². The van der Waals surface area contributed by atoms with E-state index in [9.17, 15) is 27.6 Å². The summed E-state index contributed by atoms with van der Waals surface area (Å²) in [7, 11) is 0. The zero-order valence-electron chi connectivity index (χ0n) is 16.7. The molecule has 0 aliphatic carbocycles. The third-order valence-corrected chi connectivity index (χ3v) is 4.73. The van der Waals surface area contributed by atoms with Gasteiger partial charge in [-0.1, -0.05) is 12.1 Å². The van der Waals surface area contributed by atoms with Crippen LogP contribution in [0.3, 0.4) is 0 Å². The van der Waals surface area contributed by atoms with E-state index in [1.165, 1.54) is 18.2 Å². The second-order valence-electron chi connectivity index (χ2n) is 6.88. The number of rotatable bonds is 7. The van der Waals surface area contributed by atoms with Gasteiger partial charge < -0.3 is 9.47 Å². The van der Waals surface area contributed by atoms with Gasteiger partial charge in [0.1, 0.15) is 12.4 Å². The molecule has 0 saturated heterocycles. The first-order valence-electron chi connectivity index (χ1n) is 9.61. The fraction of sp³-hybridized carbons (Fsp3) is 0.318. The minimum atomic E-state index is -4.40. The summed E-state index contributed by atoms with van der Waals surface area (Å²) in [5.74, 6) is -1.02. The second kappa shape index (κ2) is 9.20. The van der Waals surface area contributed by atoms with Crippen LogP contribution in [0.5, 0.6) is 5.75 Å². The third-order valence-electron chi connectivity index (χ3n) is 4.73. The number of carbonyl (C=O) groups is 3. The van der Waals surface area contributed by atoms with Crippen LogP contribution in [0.25, 0.3) is 0 Å². The maximum absolute atomic E-state index is 12.6. The van der Waals surface area contributed by atoms with Crippen molar-refractivity contribution in [3.8, 4) is 5.75 Å². The normalized spacial score (nSPS) is 13.7. The van der Waals surface area contributed by atoms with Crippen molar-refractivity contribution in [3.05, 3.63) is 64.7 Å². The molecule has 0 bridgehead atoms. The molecule has 0 unspecified atom stereocenters. The van der Waals surface area contributed by atoms with E-state index in [1.807, 2.05) is 0 Å². The molecule has 0 radical (unpaired) electrons. The third kappa shape index (κ3) is 5.42. The molecule has 2 aromatic carbocycles. The topological polar surface area (TPSA) is 72.9 Å².